The number of benzene rings is 1. The molecule has 100 valence electrons. The Morgan fingerprint density at radius 2 is 2.00 bits per heavy atom. The van der Waals surface area contributed by atoms with Crippen molar-refractivity contribution in [1.82, 2.24) is 0 Å². The number of thioether (sulfide) groups is 2. The van der Waals surface area contributed by atoms with Crippen LogP contribution in [0.15, 0.2) is 18.2 Å². The zero-order chi connectivity index (χ0) is 13.3. The predicted molar refractivity (Wildman–Crippen MR) is 74.1 cm³/mol. The van der Waals surface area contributed by atoms with Crippen molar-refractivity contribution in [2.45, 2.75) is 35.7 Å². The van der Waals surface area contributed by atoms with Crippen molar-refractivity contribution in [1.29, 1.82) is 0 Å². The Kier molecular flexibility index (Phi) is 4.56. The van der Waals surface area contributed by atoms with E-state index in [1.54, 1.807) is 23.5 Å². The summed E-state index contributed by atoms with van der Waals surface area (Å²) in [6.07, 6.45) is -0.951. The first-order chi connectivity index (χ1) is 8.50. The summed E-state index contributed by atoms with van der Waals surface area (Å²) < 4.78 is 26.8. The molecular formula is C13H16F2OS2. The molecule has 0 amide bonds. The van der Waals surface area contributed by atoms with E-state index in [0.29, 0.717) is 10.5 Å². The van der Waals surface area contributed by atoms with E-state index in [1.165, 1.54) is 12.1 Å². The fourth-order valence-corrected chi connectivity index (χ4v) is 4.92. The van der Waals surface area contributed by atoms with E-state index in [4.69, 9.17) is 0 Å². The van der Waals surface area contributed by atoms with Crippen molar-refractivity contribution < 1.29 is 13.9 Å². The van der Waals surface area contributed by atoms with Crippen LogP contribution >= 0.6 is 23.5 Å². The van der Waals surface area contributed by atoms with Crippen molar-refractivity contribution in [2.75, 3.05) is 5.75 Å². The highest BCUT2D eigenvalue weighted by molar-refractivity contribution is 8.07. The summed E-state index contributed by atoms with van der Waals surface area (Å²) in [7, 11) is 0. The van der Waals surface area contributed by atoms with Crippen LogP contribution in [0.25, 0.3) is 0 Å². The van der Waals surface area contributed by atoms with Gasteiger partial charge in [-0.05, 0) is 6.07 Å². The standard InChI is InChI=1S/C13H16F2OS2/c1-7-8(2)18-11(6-17-7)13(16)9-4-3-5-10(14)12(9)15/h3-5,7-8,11,13,16H,6H2,1-2H3. The van der Waals surface area contributed by atoms with Crippen LogP contribution in [0.5, 0.6) is 0 Å². The Hall–Kier alpha value is -0.260. The number of aliphatic hydroxyl groups is 1. The third kappa shape index (κ3) is 2.83. The van der Waals surface area contributed by atoms with Crippen LogP contribution in [0.2, 0.25) is 0 Å². The normalized spacial score (nSPS) is 30.2. The minimum atomic E-state index is -0.951. The fourth-order valence-electron chi connectivity index (χ4n) is 1.92. The van der Waals surface area contributed by atoms with Crippen molar-refractivity contribution in [3.63, 3.8) is 0 Å². The number of hydrogen-bond donors (Lipinski definition) is 1. The maximum atomic E-state index is 13.6. The molecule has 0 aliphatic carbocycles. The molecule has 4 unspecified atom stereocenters. The smallest absolute Gasteiger partial charge is 0.164 e. The lowest BCUT2D eigenvalue weighted by atomic mass is 10.1. The fraction of sp³-hybridized carbons (Fsp3) is 0.538. The van der Waals surface area contributed by atoms with Crippen molar-refractivity contribution in [3.05, 3.63) is 35.4 Å². The van der Waals surface area contributed by atoms with E-state index < -0.39 is 17.7 Å². The monoisotopic (exact) mass is 290 g/mol. The average Bonchev–Trinajstić information content (AvgIpc) is 2.35. The lowest BCUT2D eigenvalue weighted by Gasteiger charge is -2.34. The van der Waals surface area contributed by atoms with Gasteiger partial charge in [0.2, 0.25) is 0 Å². The van der Waals surface area contributed by atoms with E-state index >= 15 is 0 Å². The number of rotatable bonds is 2. The van der Waals surface area contributed by atoms with Crippen LogP contribution in [0, 0.1) is 11.6 Å². The quantitative estimate of drug-likeness (QED) is 0.898. The van der Waals surface area contributed by atoms with Crippen LogP contribution < -0.4 is 0 Å². The minimum Gasteiger partial charge on any atom is -0.387 e. The van der Waals surface area contributed by atoms with Crippen LogP contribution in [0.4, 0.5) is 8.78 Å². The second-order valence-corrected chi connectivity index (χ2v) is 7.54. The van der Waals surface area contributed by atoms with Gasteiger partial charge in [-0.2, -0.15) is 23.5 Å². The molecular weight excluding hydrogens is 274 g/mol. The van der Waals surface area contributed by atoms with Gasteiger partial charge in [0, 0.05) is 27.1 Å². The molecule has 5 heteroatoms. The molecule has 18 heavy (non-hydrogen) atoms. The molecule has 1 aromatic carbocycles. The maximum Gasteiger partial charge on any atom is 0.164 e. The molecule has 0 radical (unpaired) electrons. The zero-order valence-electron chi connectivity index (χ0n) is 10.3. The topological polar surface area (TPSA) is 20.2 Å². The van der Waals surface area contributed by atoms with Crippen LogP contribution in [0.1, 0.15) is 25.5 Å². The molecule has 1 heterocycles. The van der Waals surface area contributed by atoms with Gasteiger partial charge in [-0.1, -0.05) is 26.0 Å². The molecule has 1 N–H and O–H groups in total. The average molecular weight is 290 g/mol. The van der Waals surface area contributed by atoms with Crippen LogP contribution in [-0.4, -0.2) is 26.6 Å². The molecule has 1 aliphatic rings. The van der Waals surface area contributed by atoms with Gasteiger partial charge in [0.25, 0.3) is 0 Å². The van der Waals surface area contributed by atoms with Gasteiger partial charge in [-0.3, -0.25) is 0 Å². The summed E-state index contributed by atoms with van der Waals surface area (Å²) in [5, 5.41) is 11.1. The molecule has 0 aromatic heterocycles. The summed E-state index contributed by atoms with van der Waals surface area (Å²) >= 11 is 3.42. The molecule has 0 saturated carbocycles. The van der Waals surface area contributed by atoms with Crippen molar-refractivity contribution in [3.8, 4) is 0 Å². The Morgan fingerprint density at radius 3 is 2.67 bits per heavy atom. The van der Waals surface area contributed by atoms with Crippen molar-refractivity contribution in [2.24, 2.45) is 0 Å². The minimum absolute atomic E-state index is 0.0647. The second-order valence-electron chi connectivity index (χ2n) is 4.51. The molecule has 1 aliphatic heterocycles. The number of aliphatic hydroxyl groups excluding tert-OH is 1. The SMILES string of the molecule is CC1SCC(C(O)c2cccc(F)c2F)SC1C. The molecule has 0 spiro atoms. The van der Waals surface area contributed by atoms with E-state index in [-0.39, 0.29) is 10.8 Å². The summed E-state index contributed by atoms with van der Waals surface area (Å²) in [4.78, 5) is 0. The summed E-state index contributed by atoms with van der Waals surface area (Å²) in [6, 6.07) is 3.96. The van der Waals surface area contributed by atoms with Gasteiger partial charge in [0.15, 0.2) is 11.6 Å². The maximum absolute atomic E-state index is 13.6. The van der Waals surface area contributed by atoms with Gasteiger partial charge >= 0.3 is 0 Å². The zero-order valence-corrected chi connectivity index (χ0v) is 11.9. The van der Waals surface area contributed by atoms with Crippen molar-refractivity contribution >= 4 is 23.5 Å². The Labute approximate surface area is 114 Å². The second kappa shape index (κ2) is 5.80. The largest absolute Gasteiger partial charge is 0.387 e. The molecule has 2 rings (SSSR count). The highest BCUT2D eigenvalue weighted by atomic mass is 32.2. The van der Waals surface area contributed by atoms with Crippen LogP contribution in [-0.2, 0) is 0 Å². The first kappa shape index (κ1) is 14.2. The molecule has 0 bridgehead atoms. The van der Waals surface area contributed by atoms with Gasteiger partial charge in [0.1, 0.15) is 0 Å². The highest BCUT2D eigenvalue weighted by Crippen LogP contribution is 2.41. The third-order valence-electron chi connectivity index (χ3n) is 3.23. The highest BCUT2D eigenvalue weighted by Gasteiger charge is 2.32. The summed E-state index contributed by atoms with van der Waals surface area (Å²) in [5.41, 5.74) is 0.0647. The first-order valence-corrected chi connectivity index (χ1v) is 7.89. The summed E-state index contributed by atoms with van der Waals surface area (Å²) in [6.45, 7) is 4.25. The Morgan fingerprint density at radius 1 is 1.28 bits per heavy atom. The third-order valence-corrected chi connectivity index (χ3v) is 6.71. The molecule has 1 aromatic rings. The molecule has 4 atom stereocenters. The number of hydrogen-bond acceptors (Lipinski definition) is 3. The van der Waals surface area contributed by atoms with Gasteiger partial charge < -0.3 is 5.11 Å². The van der Waals surface area contributed by atoms with Gasteiger partial charge in [-0.15, -0.1) is 0 Å². The number of halogens is 2. The van der Waals surface area contributed by atoms with E-state index in [9.17, 15) is 13.9 Å². The van der Waals surface area contributed by atoms with Crippen LogP contribution in [0.3, 0.4) is 0 Å². The van der Waals surface area contributed by atoms with E-state index in [2.05, 4.69) is 13.8 Å². The van der Waals surface area contributed by atoms with E-state index in [1.807, 2.05) is 0 Å². The lowest BCUT2D eigenvalue weighted by Crippen LogP contribution is -2.30. The Balaban J connectivity index is 2.16. The van der Waals surface area contributed by atoms with Gasteiger partial charge in [-0.25, -0.2) is 8.78 Å². The Bertz CT molecular complexity index is 427. The molecule has 1 fully saturated rings. The predicted octanol–water partition coefficient (Wildman–Crippen LogP) is 3.62. The van der Waals surface area contributed by atoms with Gasteiger partial charge in [0.05, 0.1) is 6.10 Å². The summed E-state index contributed by atoms with van der Waals surface area (Å²) in [5.74, 6) is -1.07. The first-order valence-electron chi connectivity index (χ1n) is 5.89. The lowest BCUT2D eigenvalue weighted by molar-refractivity contribution is 0.174. The van der Waals surface area contributed by atoms with E-state index in [0.717, 1.165) is 11.8 Å². The molecule has 1 nitrogen and oxygen atoms in total. The molecule has 1 saturated heterocycles.